The van der Waals surface area contributed by atoms with Crippen LogP contribution in [0.3, 0.4) is 0 Å². The van der Waals surface area contributed by atoms with E-state index in [1.807, 2.05) is 6.07 Å². The molecule has 3 heterocycles. The second-order valence-electron chi connectivity index (χ2n) is 8.45. The fourth-order valence-corrected chi connectivity index (χ4v) is 5.39. The lowest BCUT2D eigenvalue weighted by molar-refractivity contribution is -0.138. The first-order valence-corrected chi connectivity index (χ1v) is 10.8. The van der Waals surface area contributed by atoms with Crippen LogP contribution in [0.15, 0.2) is 36.4 Å². The zero-order valence-corrected chi connectivity index (χ0v) is 18.4. The molecule has 0 aliphatic carbocycles. The van der Waals surface area contributed by atoms with Crippen molar-refractivity contribution in [3.05, 3.63) is 63.7 Å². The van der Waals surface area contributed by atoms with E-state index in [4.69, 9.17) is 16.9 Å². The van der Waals surface area contributed by atoms with E-state index < -0.39 is 53.3 Å². The lowest BCUT2D eigenvalue weighted by Gasteiger charge is -2.35. The number of benzene rings is 2. The Kier molecular flexibility index (Phi) is 4.88. The number of nitriles is 1. The second-order valence-corrected chi connectivity index (χ2v) is 8.83. The standard InChI is InChI=1S/C23H16ClF3N4O3/c1-11-16(7-6-12(9-28)18(11)24)31-21(33)19-17-8-13(30(19)22(31)34)10-29(17)20(32)14-4-2-3-5-15(14)23(25,26)27/h2-7,13,17,19H,8,10H2,1H3/t13-,17?,19?/m1/s1. The van der Waals surface area contributed by atoms with E-state index in [1.165, 1.54) is 34.1 Å². The summed E-state index contributed by atoms with van der Waals surface area (Å²) >= 11 is 6.22. The topological polar surface area (TPSA) is 84.7 Å². The van der Waals surface area contributed by atoms with Gasteiger partial charge in [-0.2, -0.15) is 18.4 Å². The quantitative estimate of drug-likeness (QED) is 0.599. The van der Waals surface area contributed by atoms with Crippen LogP contribution >= 0.6 is 11.6 Å². The van der Waals surface area contributed by atoms with Gasteiger partial charge in [0.15, 0.2) is 0 Å². The third-order valence-corrected chi connectivity index (χ3v) is 7.19. The molecule has 0 spiro atoms. The zero-order valence-electron chi connectivity index (χ0n) is 17.6. The van der Waals surface area contributed by atoms with Crippen molar-refractivity contribution in [1.82, 2.24) is 9.80 Å². The summed E-state index contributed by atoms with van der Waals surface area (Å²) in [6, 6.07) is 6.52. The number of fused-ring (bicyclic) bond motifs is 5. The molecule has 0 N–H and O–H groups in total. The predicted molar refractivity (Wildman–Crippen MR) is 114 cm³/mol. The summed E-state index contributed by atoms with van der Waals surface area (Å²) in [4.78, 5) is 43.4. The molecule has 3 atom stereocenters. The van der Waals surface area contributed by atoms with Crippen molar-refractivity contribution in [3.63, 3.8) is 0 Å². The molecule has 2 bridgehead atoms. The van der Waals surface area contributed by atoms with E-state index in [1.54, 1.807) is 6.92 Å². The molecule has 3 saturated heterocycles. The minimum Gasteiger partial charge on any atom is -0.331 e. The minimum atomic E-state index is -4.71. The molecule has 3 aliphatic heterocycles. The van der Waals surface area contributed by atoms with Crippen molar-refractivity contribution in [2.24, 2.45) is 0 Å². The maximum absolute atomic E-state index is 13.5. The predicted octanol–water partition coefficient (Wildman–Crippen LogP) is 3.97. The molecule has 0 aromatic heterocycles. The Bertz CT molecular complexity index is 1310. The van der Waals surface area contributed by atoms with E-state index in [0.29, 0.717) is 12.0 Å². The summed E-state index contributed by atoms with van der Waals surface area (Å²) in [5.41, 5.74) is -0.728. The normalized spacial score (nSPS) is 23.5. The van der Waals surface area contributed by atoms with Crippen LogP contribution in [0.5, 0.6) is 0 Å². The first-order chi connectivity index (χ1) is 16.1. The number of likely N-dealkylation sites (tertiary alicyclic amines) is 1. The van der Waals surface area contributed by atoms with Gasteiger partial charge in [-0.1, -0.05) is 23.7 Å². The van der Waals surface area contributed by atoms with Gasteiger partial charge < -0.3 is 9.80 Å². The third kappa shape index (κ3) is 3.00. The highest BCUT2D eigenvalue weighted by molar-refractivity contribution is 6.33. The molecule has 7 nitrogen and oxygen atoms in total. The number of anilines is 1. The van der Waals surface area contributed by atoms with Crippen LogP contribution in [0.25, 0.3) is 0 Å². The SMILES string of the molecule is Cc1c(N2C(=O)C3C4C[C@H](CN4C(=O)c4ccccc4C(F)(F)F)N3C2=O)ccc(C#N)c1Cl. The van der Waals surface area contributed by atoms with Gasteiger partial charge in [0, 0.05) is 6.54 Å². The fraction of sp³-hybridized carbons (Fsp3) is 0.304. The van der Waals surface area contributed by atoms with E-state index >= 15 is 0 Å². The first kappa shape index (κ1) is 22.2. The third-order valence-electron chi connectivity index (χ3n) is 6.71. The van der Waals surface area contributed by atoms with Crippen LogP contribution in [-0.4, -0.2) is 52.3 Å². The number of piperazine rings is 1. The van der Waals surface area contributed by atoms with Gasteiger partial charge in [0.1, 0.15) is 12.1 Å². The smallest absolute Gasteiger partial charge is 0.331 e. The molecule has 2 aromatic carbocycles. The number of nitrogens with zero attached hydrogens (tertiary/aromatic N) is 4. The Morgan fingerprint density at radius 1 is 1.18 bits per heavy atom. The van der Waals surface area contributed by atoms with Gasteiger partial charge in [-0.05, 0) is 43.2 Å². The summed E-state index contributed by atoms with van der Waals surface area (Å²) in [6.45, 7) is 1.62. The molecule has 11 heteroatoms. The Hall–Kier alpha value is -3.58. The number of carbonyl (C=O) groups is 3. The van der Waals surface area contributed by atoms with E-state index in [9.17, 15) is 27.6 Å². The number of halogens is 4. The Balaban J connectivity index is 1.48. The molecule has 2 unspecified atom stereocenters. The molecular weight excluding hydrogens is 473 g/mol. The average Bonchev–Trinajstić information content (AvgIpc) is 3.46. The van der Waals surface area contributed by atoms with Crippen LogP contribution in [0.4, 0.5) is 23.7 Å². The van der Waals surface area contributed by atoms with Gasteiger partial charge >= 0.3 is 12.2 Å². The summed E-state index contributed by atoms with van der Waals surface area (Å²) in [5.74, 6) is -1.40. The van der Waals surface area contributed by atoms with E-state index in [0.717, 1.165) is 17.0 Å². The van der Waals surface area contributed by atoms with Crippen LogP contribution in [0.1, 0.15) is 33.5 Å². The van der Waals surface area contributed by atoms with Gasteiger partial charge in [-0.25, -0.2) is 9.69 Å². The minimum absolute atomic E-state index is 0.0339. The van der Waals surface area contributed by atoms with Gasteiger partial charge in [-0.15, -0.1) is 0 Å². The van der Waals surface area contributed by atoms with Crippen molar-refractivity contribution < 1.29 is 27.6 Å². The molecule has 5 rings (SSSR count). The van der Waals surface area contributed by atoms with E-state index in [-0.39, 0.29) is 22.8 Å². The van der Waals surface area contributed by atoms with Crippen LogP contribution < -0.4 is 4.90 Å². The first-order valence-electron chi connectivity index (χ1n) is 10.4. The maximum Gasteiger partial charge on any atom is 0.417 e. The van der Waals surface area contributed by atoms with Crippen molar-refractivity contribution in [2.75, 3.05) is 11.4 Å². The summed E-state index contributed by atoms with van der Waals surface area (Å²) in [5, 5.41) is 9.28. The number of amides is 4. The van der Waals surface area contributed by atoms with Crippen LogP contribution in [0.2, 0.25) is 5.02 Å². The van der Waals surface area contributed by atoms with Crippen molar-refractivity contribution >= 4 is 35.1 Å². The number of carbonyl (C=O) groups excluding carboxylic acids is 3. The van der Waals surface area contributed by atoms with E-state index in [2.05, 4.69) is 0 Å². The monoisotopic (exact) mass is 488 g/mol. The number of urea groups is 1. The highest BCUT2D eigenvalue weighted by Gasteiger charge is 2.63. The fourth-order valence-electron chi connectivity index (χ4n) is 5.19. The zero-order chi connectivity index (χ0) is 24.5. The molecule has 34 heavy (non-hydrogen) atoms. The lowest BCUT2D eigenvalue weighted by Crippen LogP contribution is -2.55. The van der Waals surface area contributed by atoms with Gasteiger partial charge in [0.2, 0.25) is 0 Å². The number of rotatable bonds is 2. The summed E-state index contributed by atoms with van der Waals surface area (Å²) in [6.07, 6.45) is -4.40. The van der Waals surface area contributed by atoms with Crippen molar-refractivity contribution in [3.8, 4) is 6.07 Å². The average molecular weight is 489 g/mol. The van der Waals surface area contributed by atoms with Gasteiger partial charge in [-0.3, -0.25) is 9.59 Å². The molecule has 0 radical (unpaired) electrons. The number of hydrogen-bond acceptors (Lipinski definition) is 4. The van der Waals surface area contributed by atoms with Gasteiger partial charge in [0.25, 0.3) is 11.8 Å². The summed E-state index contributed by atoms with van der Waals surface area (Å²) in [7, 11) is 0. The highest BCUT2D eigenvalue weighted by Crippen LogP contribution is 2.44. The molecule has 3 fully saturated rings. The highest BCUT2D eigenvalue weighted by atomic mass is 35.5. The van der Waals surface area contributed by atoms with Crippen molar-refractivity contribution in [1.29, 1.82) is 5.26 Å². The van der Waals surface area contributed by atoms with Crippen molar-refractivity contribution in [2.45, 2.75) is 37.6 Å². The number of hydrogen-bond donors (Lipinski definition) is 0. The molecule has 2 aromatic rings. The molecular formula is C23H16ClF3N4O3. The molecule has 4 amide bonds. The molecule has 0 saturated carbocycles. The Morgan fingerprint density at radius 3 is 2.56 bits per heavy atom. The maximum atomic E-state index is 13.5. The number of imide groups is 1. The summed E-state index contributed by atoms with van der Waals surface area (Å²) < 4.78 is 40.4. The van der Waals surface area contributed by atoms with Crippen LogP contribution in [0, 0.1) is 18.3 Å². The Labute approximate surface area is 196 Å². The largest absolute Gasteiger partial charge is 0.417 e. The number of alkyl halides is 3. The second kappa shape index (κ2) is 7.46. The molecule has 3 aliphatic rings. The lowest BCUT2D eigenvalue weighted by atomic mass is 10.0. The Morgan fingerprint density at radius 2 is 1.88 bits per heavy atom. The molecule has 174 valence electrons. The van der Waals surface area contributed by atoms with Crippen LogP contribution in [-0.2, 0) is 11.0 Å². The van der Waals surface area contributed by atoms with Gasteiger partial charge in [0.05, 0.1) is 39.5 Å².